The van der Waals surface area contributed by atoms with Gasteiger partial charge in [-0.05, 0) is 23.8 Å². The summed E-state index contributed by atoms with van der Waals surface area (Å²) in [5.74, 6) is 0. The van der Waals surface area contributed by atoms with Gasteiger partial charge in [-0.15, -0.1) is 0 Å². The Morgan fingerprint density at radius 3 is 2.54 bits per heavy atom. The summed E-state index contributed by atoms with van der Waals surface area (Å²) in [7, 11) is -3.65. The summed E-state index contributed by atoms with van der Waals surface area (Å²) in [4.78, 5) is 0.0886. The van der Waals surface area contributed by atoms with Crippen LogP contribution in [0.5, 0.6) is 0 Å². The van der Waals surface area contributed by atoms with E-state index >= 15 is 0 Å². The van der Waals surface area contributed by atoms with Gasteiger partial charge in [-0.2, -0.15) is 0 Å². The average molecular weight is 262 g/mol. The summed E-state index contributed by atoms with van der Waals surface area (Å²) < 4.78 is 22.9. The van der Waals surface area contributed by atoms with Crippen LogP contribution in [0.15, 0.2) is 34.1 Å². The first-order valence-corrected chi connectivity index (χ1v) is 5.74. The van der Waals surface area contributed by atoms with E-state index in [2.05, 4.69) is 22.5 Å². The largest absolute Gasteiger partial charge is 0.238 e. The predicted molar refractivity (Wildman–Crippen MR) is 55.6 cm³/mol. The highest BCUT2D eigenvalue weighted by Crippen LogP contribution is 2.20. The maximum atomic E-state index is 11.0. The third-order valence-electron chi connectivity index (χ3n) is 1.50. The number of primary sulfonamides is 1. The standard InChI is InChI=1S/C8H8BrNO2S/c1-2-6-5-7(9)3-4-8(6)13(10,11)12/h2-5H,1H2,(H2,10,11,12). The molecule has 1 aromatic carbocycles. The van der Waals surface area contributed by atoms with Gasteiger partial charge >= 0.3 is 0 Å². The first-order valence-electron chi connectivity index (χ1n) is 3.40. The highest BCUT2D eigenvalue weighted by molar-refractivity contribution is 9.10. The highest BCUT2D eigenvalue weighted by atomic mass is 79.9. The fourth-order valence-electron chi connectivity index (χ4n) is 0.938. The van der Waals surface area contributed by atoms with Crippen LogP contribution in [0.3, 0.4) is 0 Å². The van der Waals surface area contributed by atoms with Crippen LogP contribution >= 0.6 is 15.9 Å². The first-order chi connectivity index (χ1) is 5.95. The van der Waals surface area contributed by atoms with Crippen molar-refractivity contribution < 1.29 is 8.42 Å². The lowest BCUT2D eigenvalue weighted by molar-refractivity contribution is 0.597. The van der Waals surface area contributed by atoms with E-state index in [-0.39, 0.29) is 4.90 Å². The minimum atomic E-state index is -3.65. The van der Waals surface area contributed by atoms with Crippen LogP contribution in [0.1, 0.15) is 5.56 Å². The van der Waals surface area contributed by atoms with Gasteiger partial charge < -0.3 is 0 Å². The van der Waals surface area contributed by atoms with Crippen LogP contribution < -0.4 is 5.14 Å². The molecule has 0 fully saturated rings. The molecule has 1 rings (SSSR count). The van der Waals surface area contributed by atoms with E-state index in [1.165, 1.54) is 12.1 Å². The zero-order chi connectivity index (χ0) is 10.1. The minimum absolute atomic E-state index is 0.0886. The molecule has 0 amide bonds. The molecule has 0 saturated heterocycles. The monoisotopic (exact) mass is 261 g/mol. The maximum absolute atomic E-state index is 11.0. The minimum Gasteiger partial charge on any atom is -0.225 e. The van der Waals surface area contributed by atoms with Crippen molar-refractivity contribution in [2.45, 2.75) is 4.90 Å². The molecule has 0 heterocycles. The smallest absolute Gasteiger partial charge is 0.225 e. The van der Waals surface area contributed by atoms with Crippen molar-refractivity contribution in [2.24, 2.45) is 5.14 Å². The van der Waals surface area contributed by atoms with Gasteiger partial charge in [0.05, 0.1) is 4.90 Å². The predicted octanol–water partition coefficient (Wildman–Crippen LogP) is 1.74. The summed E-state index contributed by atoms with van der Waals surface area (Å²) in [6.45, 7) is 3.51. The lowest BCUT2D eigenvalue weighted by Crippen LogP contribution is -2.13. The van der Waals surface area contributed by atoms with E-state index in [1.54, 1.807) is 12.1 Å². The SMILES string of the molecule is C=Cc1cc(Br)ccc1S(N)(=O)=O. The number of benzene rings is 1. The molecule has 0 aliphatic heterocycles. The molecule has 13 heavy (non-hydrogen) atoms. The van der Waals surface area contributed by atoms with E-state index in [4.69, 9.17) is 5.14 Å². The van der Waals surface area contributed by atoms with Gasteiger partial charge in [0.1, 0.15) is 0 Å². The third kappa shape index (κ3) is 2.40. The second-order valence-corrected chi connectivity index (χ2v) is 4.88. The molecule has 70 valence electrons. The van der Waals surface area contributed by atoms with E-state index in [0.717, 1.165) is 4.47 Å². The molecule has 3 nitrogen and oxygen atoms in total. The quantitative estimate of drug-likeness (QED) is 0.882. The summed E-state index contributed by atoms with van der Waals surface area (Å²) in [6.07, 6.45) is 1.45. The molecule has 0 aliphatic rings. The Morgan fingerprint density at radius 1 is 1.46 bits per heavy atom. The summed E-state index contributed by atoms with van der Waals surface area (Å²) in [5, 5.41) is 4.99. The Morgan fingerprint density at radius 2 is 2.08 bits per heavy atom. The number of halogens is 1. The van der Waals surface area contributed by atoms with Gasteiger partial charge in [0.25, 0.3) is 0 Å². The van der Waals surface area contributed by atoms with Crippen molar-refractivity contribution in [1.82, 2.24) is 0 Å². The molecule has 5 heteroatoms. The average Bonchev–Trinajstić information content (AvgIpc) is 2.01. The molecule has 0 radical (unpaired) electrons. The number of nitrogens with two attached hydrogens (primary N) is 1. The molecule has 2 N–H and O–H groups in total. The van der Waals surface area contributed by atoms with Crippen LogP contribution in [-0.2, 0) is 10.0 Å². The normalized spacial score (nSPS) is 11.2. The molecule has 0 aliphatic carbocycles. The van der Waals surface area contributed by atoms with E-state index in [1.807, 2.05) is 0 Å². The number of sulfonamides is 1. The van der Waals surface area contributed by atoms with Gasteiger partial charge in [0, 0.05) is 4.47 Å². The van der Waals surface area contributed by atoms with Gasteiger partial charge in [-0.3, -0.25) is 0 Å². The van der Waals surface area contributed by atoms with E-state index in [9.17, 15) is 8.42 Å². The van der Waals surface area contributed by atoms with Crippen molar-refractivity contribution in [3.05, 3.63) is 34.8 Å². The zero-order valence-corrected chi connectivity index (χ0v) is 9.10. The fraction of sp³-hybridized carbons (Fsp3) is 0. The van der Waals surface area contributed by atoms with E-state index in [0.29, 0.717) is 5.56 Å². The maximum Gasteiger partial charge on any atom is 0.238 e. The van der Waals surface area contributed by atoms with Crippen molar-refractivity contribution in [1.29, 1.82) is 0 Å². The summed E-state index contributed by atoms with van der Waals surface area (Å²) >= 11 is 3.22. The van der Waals surface area contributed by atoms with Crippen molar-refractivity contribution >= 4 is 32.0 Å². The molecule has 0 atom stereocenters. The van der Waals surface area contributed by atoms with Crippen molar-refractivity contribution in [3.8, 4) is 0 Å². The highest BCUT2D eigenvalue weighted by Gasteiger charge is 2.11. The lowest BCUT2D eigenvalue weighted by Gasteiger charge is -2.03. The molecule has 1 aromatic rings. The van der Waals surface area contributed by atoms with Crippen LogP contribution in [-0.4, -0.2) is 8.42 Å². The number of rotatable bonds is 2. The molecule has 0 aromatic heterocycles. The summed E-state index contributed by atoms with van der Waals surface area (Å²) in [5.41, 5.74) is 0.497. The van der Waals surface area contributed by atoms with Crippen molar-refractivity contribution in [2.75, 3.05) is 0 Å². The van der Waals surface area contributed by atoms with E-state index < -0.39 is 10.0 Å². The molecular weight excluding hydrogens is 254 g/mol. The number of hydrogen-bond acceptors (Lipinski definition) is 2. The van der Waals surface area contributed by atoms with Crippen molar-refractivity contribution in [3.63, 3.8) is 0 Å². The van der Waals surface area contributed by atoms with Crippen LogP contribution in [0.2, 0.25) is 0 Å². The topological polar surface area (TPSA) is 60.2 Å². The second kappa shape index (κ2) is 3.61. The molecule has 0 spiro atoms. The van der Waals surface area contributed by atoms with Gasteiger partial charge in [-0.25, -0.2) is 13.6 Å². The Labute approximate surface area is 85.4 Å². The Bertz CT molecular complexity index is 439. The molecular formula is C8H8BrNO2S. The van der Waals surface area contributed by atoms with Crippen LogP contribution in [0, 0.1) is 0 Å². The lowest BCUT2D eigenvalue weighted by atomic mass is 10.2. The number of hydrogen-bond donors (Lipinski definition) is 1. The van der Waals surface area contributed by atoms with Gasteiger partial charge in [0.2, 0.25) is 10.0 Å². The second-order valence-electron chi connectivity index (χ2n) is 2.43. The molecule has 0 bridgehead atoms. The molecule has 0 unspecified atom stereocenters. The Hall–Kier alpha value is -0.650. The Balaban J connectivity index is 3.47. The molecule has 0 saturated carbocycles. The van der Waals surface area contributed by atoms with Gasteiger partial charge in [0.15, 0.2) is 0 Å². The third-order valence-corrected chi connectivity index (χ3v) is 2.98. The van der Waals surface area contributed by atoms with Crippen LogP contribution in [0.25, 0.3) is 6.08 Å². The van der Waals surface area contributed by atoms with Gasteiger partial charge in [-0.1, -0.05) is 28.6 Å². The Kier molecular flexibility index (Phi) is 2.90. The van der Waals surface area contributed by atoms with Crippen LogP contribution in [0.4, 0.5) is 0 Å². The fourth-order valence-corrected chi connectivity index (χ4v) is 2.05. The first kappa shape index (κ1) is 10.4. The zero-order valence-electron chi connectivity index (χ0n) is 6.70. The summed E-state index contributed by atoms with van der Waals surface area (Å²) in [6, 6.07) is 4.70.